The molecule has 32 heavy (non-hydrogen) atoms. The van der Waals surface area contributed by atoms with Gasteiger partial charge >= 0.3 is 6.03 Å². The molecule has 0 spiro atoms. The number of carbonyl (C=O) groups excluding carboxylic acids is 4. The lowest BCUT2D eigenvalue weighted by molar-refractivity contribution is -0.127. The van der Waals surface area contributed by atoms with Crippen molar-refractivity contribution in [3.05, 3.63) is 59.3 Å². The van der Waals surface area contributed by atoms with Gasteiger partial charge < -0.3 is 25.8 Å². The van der Waals surface area contributed by atoms with Crippen molar-refractivity contribution < 1.29 is 28.7 Å². The summed E-state index contributed by atoms with van der Waals surface area (Å²) >= 11 is 0. The van der Waals surface area contributed by atoms with E-state index in [4.69, 9.17) is 15.2 Å². The molecular weight excluding hydrogens is 416 g/mol. The number of imide groups is 1. The zero-order valence-electron chi connectivity index (χ0n) is 17.5. The molecule has 0 aromatic heterocycles. The third-order valence-corrected chi connectivity index (χ3v) is 4.43. The number of nitrogens with one attached hydrogen (secondary N) is 2. The molecule has 1 fully saturated rings. The molecule has 2 aromatic carbocycles. The van der Waals surface area contributed by atoms with E-state index in [-0.39, 0.29) is 12.3 Å². The van der Waals surface area contributed by atoms with E-state index in [1.54, 1.807) is 36.4 Å². The largest absolute Gasteiger partial charge is 0.493 e. The Bertz CT molecular complexity index is 1110. The highest BCUT2D eigenvalue weighted by Crippen LogP contribution is 2.29. The fourth-order valence-electron chi connectivity index (χ4n) is 2.99. The zero-order chi connectivity index (χ0) is 23.3. The molecule has 1 aliphatic rings. The fraction of sp³-hybridized carbons (Fsp3) is 0.182. The maximum atomic E-state index is 12.6. The predicted molar refractivity (Wildman–Crippen MR) is 116 cm³/mol. The molecule has 0 unspecified atom stereocenters. The Balaban J connectivity index is 1.70. The second kappa shape index (κ2) is 9.65. The number of aryl methyl sites for hydroxylation is 1. The summed E-state index contributed by atoms with van der Waals surface area (Å²) in [7, 11) is 1.42. The summed E-state index contributed by atoms with van der Waals surface area (Å²) in [6.45, 7) is 1.14. The molecule has 10 heteroatoms. The number of primary amides is 1. The molecule has 0 saturated carbocycles. The van der Waals surface area contributed by atoms with Crippen LogP contribution in [0, 0.1) is 6.92 Å². The number of hydrogen-bond acceptors (Lipinski definition) is 6. The minimum atomic E-state index is -0.700. The number of ether oxygens (including phenoxy) is 2. The summed E-state index contributed by atoms with van der Waals surface area (Å²) in [5, 5.41) is 5.12. The molecule has 1 aliphatic heterocycles. The Kier molecular flexibility index (Phi) is 6.74. The number of methoxy groups -OCH3 is 1. The van der Waals surface area contributed by atoms with Gasteiger partial charge in [0.05, 0.1) is 7.11 Å². The van der Waals surface area contributed by atoms with Gasteiger partial charge in [-0.1, -0.05) is 18.2 Å². The molecule has 1 saturated heterocycles. The van der Waals surface area contributed by atoms with E-state index in [0.717, 1.165) is 10.5 Å². The van der Waals surface area contributed by atoms with Crippen LogP contribution < -0.4 is 25.8 Å². The van der Waals surface area contributed by atoms with E-state index in [1.807, 2.05) is 13.0 Å². The number of urea groups is 1. The van der Waals surface area contributed by atoms with Gasteiger partial charge in [0.15, 0.2) is 18.1 Å². The number of amides is 5. The van der Waals surface area contributed by atoms with Crippen molar-refractivity contribution in [2.45, 2.75) is 6.92 Å². The van der Waals surface area contributed by atoms with Gasteiger partial charge in [-0.25, -0.2) is 9.69 Å². The zero-order valence-corrected chi connectivity index (χ0v) is 17.5. The van der Waals surface area contributed by atoms with Crippen molar-refractivity contribution in [1.29, 1.82) is 0 Å². The van der Waals surface area contributed by atoms with Crippen molar-refractivity contribution in [2.24, 2.45) is 5.73 Å². The van der Waals surface area contributed by atoms with E-state index in [2.05, 4.69) is 10.6 Å². The smallest absolute Gasteiger partial charge is 0.329 e. The van der Waals surface area contributed by atoms with Crippen molar-refractivity contribution in [3.8, 4) is 11.5 Å². The van der Waals surface area contributed by atoms with Gasteiger partial charge in [0.25, 0.3) is 11.8 Å². The molecular formula is C22H22N4O6. The lowest BCUT2D eigenvalue weighted by Gasteiger charge is -2.12. The number of anilines is 1. The second-order valence-corrected chi connectivity index (χ2v) is 6.96. The third kappa shape index (κ3) is 5.42. The van der Waals surface area contributed by atoms with Crippen molar-refractivity contribution in [3.63, 3.8) is 0 Å². The minimum absolute atomic E-state index is 0.00575. The molecule has 3 rings (SSSR count). The lowest BCUT2D eigenvalue weighted by Crippen LogP contribution is -2.38. The maximum absolute atomic E-state index is 12.6. The molecule has 166 valence electrons. The molecule has 4 N–H and O–H groups in total. The summed E-state index contributed by atoms with van der Waals surface area (Å²) < 4.78 is 10.5. The number of nitrogens with zero attached hydrogens (tertiary/aromatic N) is 1. The Morgan fingerprint density at radius 2 is 1.94 bits per heavy atom. The first kappa shape index (κ1) is 22.3. The normalized spacial score (nSPS) is 14.3. The van der Waals surface area contributed by atoms with Crippen LogP contribution in [0.5, 0.6) is 11.5 Å². The van der Waals surface area contributed by atoms with Gasteiger partial charge in [-0.15, -0.1) is 0 Å². The summed E-state index contributed by atoms with van der Waals surface area (Å²) in [5.74, 6) is -1.17. The van der Waals surface area contributed by atoms with Crippen LogP contribution in [0.4, 0.5) is 10.5 Å². The van der Waals surface area contributed by atoms with Crippen LogP contribution in [0.2, 0.25) is 0 Å². The van der Waals surface area contributed by atoms with Crippen LogP contribution in [-0.4, -0.2) is 48.9 Å². The monoisotopic (exact) mass is 438 g/mol. The van der Waals surface area contributed by atoms with Gasteiger partial charge in [0.2, 0.25) is 5.91 Å². The molecule has 5 amide bonds. The van der Waals surface area contributed by atoms with Gasteiger partial charge in [0.1, 0.15) is 12.2 Å². The van der Waals surface area contributed by atoms with Gasteiger partial charge in [-0.05, 0) is 48.4 Å². The average Bonchev–Trinajstić information content (AvgIpc) is 2.99. The Morgan fingerprint density at radius 3 is 2.62 bits per heavy atom. The quantitative estimate of drug-likeness (QED) is 0.420. The van der Waals surface area contributed by atoms with E-state index in [9.17, 15) is 19.2 Å². The number of hydrogen-bond donors (Lipinski definition) is 3. The van der Waals surface area contributed by atoms with Crippen LogP contribution in [0.1, 0.15) is 11.1 Å². The van der Waals surface area contributed by atoms with Gasteiger partial charge in [-0.2, -0.15) is 0 Å². The van der Waals surface area contributed by atoms with E-state index < -0.39 is 30.3 Å². The highest BCUT2D eigenvalue weighted by atomic mass is 16.5. The number of benzene rings is 2. The summed E-state index contributed by atoms with van der Waals surface area (Å²) in [6, 6.07) is 11.2. The first-order chi connectivity index (χ1) is 15.3. The average molecular weight is 438 g/mol. The van der Waals surface area contributed by atoms with Crippen LogP contribution in [-0.2, 0) is 14.4 Å². The molecule has 0 atom stereocenters. The summed E-state index contributed by atoms with van der Waals surface area (Å²) in [6.07, 6.45) is 1.44. The third-order valence-electron chi connectivity index (χ3n) is 4.43. The molecule has 0 radical (unpaired) electrons. The number of rotatable bonds is 8. The summed E-state index contributed by atoms with van der Waals surface area (Å²) in [5.41, 5.74) is 7.14. The highest BCUT2D eigenvalue weighted by molar-refractivity contribution is 6.16. The van der Waals surface area contributed by atoms with Gasteiger partial charge in [-0.3, -0.25) is 14.4 Å². The van der Waals surface area contributed by atoms with Crippen molar-refractivity contribution in [1.82, 2.24) is 10.2 Å². The highest BCUT2D eigenvalue weighted by Gasteiger charge is 2.35. The Morgan fingerprint density at radius 1 is 1.16 bits per heavy atom. The molecule has 1 heterocycles. The second-order valence-electron chi connectivity index (χ2n) is 6.96. The lowest BCUT2D eigenvalue weighted by atomic mass is 10.1. The van der Waals surface area contributed by atoms with Crippen LogP contribution in [0.3, 0.4) is 0 Å². The molecule has 0 bridgehead atoms. The Labute approximate surface area is 184 Å². The van der Waals surface area contributed by atoms with E-state index >= 15 is 0 Å². The van der Waals surface area contributed by atoms with Crippen LogP contribution in [0.25, 0.3) is 6.08 Å². The fourth-order valence-corrected chi connectivity index (χ4v) is 2.99. The molecule has 0 aliphatic carbocycles. The number of carbonyl (C=O) groups is 4. The van der Waals surface area contributed by atoms with Crippen molar-refractivity contribution in [2.75, 3.05) is 25.6 Å². The first-order valence-corrected chi connectivity index (χ1v) is 9.57. The standard InChI is InChI=1S/C22H22N4O6/c1-13-4-3-5-15(8-13)24-20(28)11-26-21(29)16(25-22(26)30)9-14-6-7-17(18(10-14)31-2)32-12-19(23)27/h3-10H,11-12H2,1-2H3,(H2,23,27)(H,24,28)(H,25,30)/b16-9-. The van der Waals surface area contributed by atoms with Crippen LogP contribution in [0.15, 0.2) is 48.2 Å². The van der Waals surface area contributed by atoms with Gasteiger partial charge in [0, 0.05) is 5.69 Å². The maximum Gasteiger partial charge on any atom is 0.329 e. The SMILES string of the molecule is COc1cc(/C=C2\NC(=O)N(CC(=O)Nc3cccc(C)c3)C2=O)ccc1OCC(N)=O. The van der Waals surface area contributed by atoms with Crippen LogP contribution >= 0.6 is 0 Å². The minimum Gasteiger partial charge on any atom is -0.493 e. The van der Waals surface area contributed by atoms with E-state index in [0.29, 0.717) is 22.7 Å². The molecule has 2 aromatic rings. The predicted octanol–water partition coefficient (Wildman–Crippen LogP) is 1.40. The molecule has 10 nitrogen and oxygen atoms in total. The van der Waals surface area contributed by atoms with Crippen molar-refractivity contribution >= 4 is 35.5 Å². The first-order valence-electron chi connectivity index (χ1n) is 9.57. The Hall–Kier alpha value is -4.34. The number of nitrogens with two attached hydrogens (primary N) is 1. The summed E-state index contributed by atoms with van der Waals surface area (Å²) in [4.78, 5) is 48.9. The topological polar surface area (TPSA) is 140 Å². The van der Waals surface area contributed by atoms with E-state index in [1.165, 1.54) is 13.2 Å².